The summed E-state index contributed by atoms with van der Waals surface area (Å²) >= 11 is 8.02. The molecule has 0 radical (unpaired) electrons. The summed E-state index contributed by atoms with van der Waals surface area (Å²) < 4.78 is 0. The number of allylic oxidation sites excluding steroid dienone is 2. The standard InChI is InChI=1S/C27H31Br2P/c28-23-15-4-2-1-3-5-16-24-30(29,25-17-9-6-10-18-25,26-19-11-7-12-20-26)27-21-13-8-14-22-27/h5-14,16-22H,1-4,15,23-24H2. The van der Waals surface area contributed by atoms with Crippen LogP contribution in [0.25, 0.3) is 0 Å². The van der Waals surface area contributed by atoms with Crippen molar-refractivity contribution < 1.29 is 0 Å². The van der Waals surface area contributed by atoms with Crippen molar-refractivity contribution in [1.29, 1.82) is 0 Å². The normalized spacial score (nSPS) is 13.2. The predicted octanol–water partition coefficient (Wildman–Crippen LogP) is 7.73. The van der Waals surface area contributed by atoms with Crippen LogP contribution in [0.5, 0.6) is 0 Å². The SMILES string of the molecule is BrCCCCCCC=CCP(Br)(c1ccccc1)(c1ccccc1)c1ccccc1. The first-order valence-electron chi connectivity index (χ1n) is 10.8. The number of benzene rings is 3. The second-order valence-corrected chi connectivity index (χ2v) is 17.5. The second-order valence-electron chi connectivity index (χ2n) is 7.74. The molecule has 0 aliphatic carbocycles. The number of halogens is 2. The van der Waals surface area contributed by atoms with Gasteiger partial charge in [-0.15, -0.1) is 0 Å². The van der Waals surface area contributed by atoms with Gasteiger partial charge in [0.2, 0.25) is 0 Å². The van der Waals surface area contributed by atoms with E-state index in [1.165, 1.54) is 41.6 Å². The third-order valence-corrected chi connectivity index (χ3v) is 15.9. The number of hydrogen-bond acceptors (Lipinski definition) is 0. The number of alkyl halides is 1. The number of unbranched alkanes of at least 4 members (excludes halogenated alkanes) is 4. The van der Waals surface area contributed by atoms with E-state index in [2.05, 4.69) is 135 Å². The molecule has 30 heavy (non-hydrogen) atoms. The molecule has 0 bridgehead atoms. The molecule has 3 aromatic carbocycles. The molecule has 0 spiro atoms. The van der Waals surface area contributed by atoms with Crippen LogP contribution in [-0.2, 0) is 0 Å². The first-order chi connectivity index (χ1) is 14.7. The summed E-state index contributed by atoms with van der Waals surface area (Å²) in [5, 5.41) is 2.45. The number of rotatable bonds is 11. The molecule has 0 unspecified atom stereocenters. The molecule has 0 heterocycles. The molecule has 0 saturated carbocycles. The molecule has 0 aromatic heterocycles. The Kier molecular flexibility index (Phi) is 8.93. The summed E-state index contributed by atoms with van der Waals surface area (Å²) in [6.07, 6.45) is 12.1. The monoisotopic (exact) mass is 544 g/mol. The van der Waals surface area contributed by atoms with Gasteiger partial charge in [0.1, 0.15) is 0 Å². The van der Waals surface area contributed by atoms with E-state index in [1.807, 2.05) is 0 Å². The number of hydrogen-bond donors (Lipinski definition) is 0. The first-order valence-corrected chi connectivity index (χ1v) is 16.4. The van der Waals surface area contributed by atoms with Gasteiger partial charge < -0.3 is 0 Å². The molecule has 3 rings (SSSR count). The summed E-state index contributed by atoms with van der Waals surface area (Å²) in [5.41, 5.74) is 0. The van der Waals surface area contributed by atoms with Crippen LogP contribution in [0, 0.1) is 0 Å². The van der Waals surface area contributed by atoms with Gasteiger partial charge in [0.25, 0.3) is 0 Å². The maximum atomic E-state index is 4.50. The van der Waals surface area contributed by atoms with Gasteiger partial charge in [-0.3, -0.25) is 0 Å². The van der Waals surface area contributed by atoms with E-state index in [9.17, 15) is 0 Å². The fourth-order valence-electron chi connectivity index (χ4n) is 4.08. The quantitative estimate of drug-likeness (QED) is 0.100. The van der Waals surface area contributed by atoms with Crippen molar-refractivity contribution in [3.05, 3.63) is 103 Å². The fraction of sp³-hybridized carbons (Fsp3) is 0.259. The average Bonchev–Trinajstić information content (AvgIpc) is 2.82. The van der Waals surface area contributed by atoms with E-state index in [0.29, 0.717) is 0 Å². The van der Waals surface area contributed by atoms with Crippen LogP contribution in [0.1, 0.15) is 32.1 Å². The molecular weight excluding hydrogens is 515 g/mol. The Morgan fingerprint density at radius 3 is 1.43 bits per heavy atom. The molecule has 0 nitrogen and oxygen atoms in total. The third kappa shape index (κ3) is 5.16. The van der Waals surface area contributed by atoms with Gasteiger partial charge in [-0.1, -0.05) is 0 Å². The Morgan fingerprint density at radius 2 is 1.00 bits per heavy atom. The Morgan fingerprint density at radius 1 is 0.567 bits per heavy atom. The fourth-order valence-corrected chi connectivity index (χ4v) is 11.6. The van der Waals surface area contributed by atoms with Crippen molar-refractivity contribution >= 4 is 52.6 Å². The van der Waals surface area contributed by atoms with Crippen molar-refractivity contribution in [1.82, 2.24) is 0 Å². The van der Waals surface area contributed by atoms with Crippen molar-refractivity contribution in [3.8, 4) is 0 Å². The van der Waals surface area contributed by atoms with Gasteiger partial charge in [0.05, 0.1) is 0 Å². The topological polar surface area (TPSA) is 0 Å². The van der Waals surface area contributed by atoms with E-state index in [4.69, 9.17) is 0 Å². The molecular formula is C27H31Br2P. The second kappa shape index (κ2) is 11.4. The van der Waals surface area contributed by atoms with Gasteiger partial charge in [-0.25, -0.2) is 0 Å². The third-order valence-electron chi connectivity index (χ3n) is 5.75. The van der Waals surface area contributed by atoms with Gasteiger partial charge in [-0.2, -0.15) is 0 Å². The molecule has 0 saturated heterocycles. The molecule has 3 heteroatoms. The van der Waals surface area contributed by atoms with Crippen LogP contribution in [0.15, 0.2) is 103 Å². The first kappa shape index (κ1) is 23.5. The molecule has 158 valence electrons. The minimum atomic E-state index is -2.80. The molecule has 3 aromatic rings. The van der Waals surface area contributed by atoms with Crippen molar-refractivity contribution in [2.24, 2.45) is 0 Å². The predicted molar refractivity (Wildman–Crippen MR) is 145 cm³/mol. The van der Waals surface area contributed by atoms with Gasteiger partial charge in [-0.05, 0) is 0 Å². The van der Waals surface area contributed by atoms with Crippen LogP contribution >= 0.6 is 36.7 Å². The summed E-state index contributed by atoms with van der Waals surface area (Å²) in [5.74, 6) is 0. The van der Waals surface area contributed by atoms with Crippen LogP contribution in [0.2, 0.25) is 0 Å². The zero-order valence-electron chi connectivity index (χ0n) is 17.5. The zero-order valence-corrected chi connectivity index (χ0v) is 21.5. The van der Waals surface area contributed by atoms with E-state index in [0.717, 1.165) is 17.9 Å². The van der Waals surface area contributed by atoms with Crippen LogP contribution in [0.4, 0.5) is 0 Å². The van der Waals surface area contributed by atoms with Crippen LogP contribution in [0.3, 0.4) is 0 Å². The minimum absolute atomic E-state index is 0.977. The van der Waals surface area contributed by atoms with Gasteiger partial charge >= 0.3 is 199 Å². The molecule has 0 aliphatic heterocycles. The summed E-state index contributed by atoms with van der Waals surface area (Å²) in [7, 11) is 0. The maximum absolute atomic E-state index is 4.50. The van der Waals surface area contributed by atoms with E-state index < -0.39 is 5.31 Å². The Bertz CT molecular complexity index is 808. The summed E-state index contributed by atoms with van der Waals surface area (Å²) in [6.45, 7) is 0. The summed E-state index contributed by atoms with van der Waals surface area (Å²) in [6, 6.07) is 33.1. The van der Waals surface area contributed by atoms with E-state index >= 15 is 0 Å². The Hall–Kier alpha value is -1.21. The molecule has 0 fully saturated rings. The zero-order chi connectivity index (χ0) is 21.1. The van der Waals surface area contributed by atoms with Crippen molar-refractivity contribution in [3.63, 3.8) is 0 Å². The van der Waals surface area contributed by atoms with Gasteiger partial charge in [0.15, 0.2) is 0 Å². The van der Waals surface area contributed by atoms with Crippen molar-refractivity contribution in [2.75, 3.05) is 11.5 Å². The van der Waals surface area contributed by atoms with Gasteiger partial charge in [0, 0.05) is 0 Å². The van der Waals surface area contributed by atoms with Crippen molar-refractivity contribution in [2.45, 2.75) is 32.1 Å². The molecule has 0 aliphatic rings. The molecule has 0 N–H and O–H groups in total. The van der Waals surface area contributed by atoms with E-state index in [-0.39, 0.29) is 0 Å². The average molecular weight is 546 g/mol. The molecule has 0 atom stereocenters. The van der Waals surface area contributed by atoms with Crippen LogP contribution in [-0.4, -0.2) is 11.5 Å². The Labute approximate surface area is 198 Å². The van der Waals surface area contributed by atoms with E-state index in [1.54, 1.807) is 0 Å². The summed E-state index contributed by atoms with van der Waals surface area (Å²) in [4.78, 5) is 0. The Balaban J connectivity index is 2.00. The molecule has 0 amide bonds. The van der Waals surface area contributed by atoms with Crippen LogP contribution < -0.4 is 15.9 Å².